The lowest BCUT2D eigenvalue weighted by molar-refractivity contribution is 0.584. The van der Waals surface area contributed by atoms with Crippen LogP contribution in [0.15, 0.2) is 35.1 Å². The molecule has 0 atom stereocenters. The first kappa shape index (κ1) is 15.7. The van der Waals surface area contributed by atoms with Crippen molar-refractivity contribution in [3.8, 4) is 0 Å². The van der Waals surface area contributed by atoms with Gasteiger partial charge in [0, 0.05) is 17.0 Å². The lowest BCUT2D eigenvalue weighted by Gasteiger charge is -2.14. The van der Waals surface area contributed by atoms with Gasteiger partial charge in [0.25, 0.3) is 0 Å². The van der Waals surface area contributed by atoms with Crippen molar-refractivity contribution in [2.24, 2.45) is 11.7 Å². The highest BCUT2D eigenvalue weighted by atomic mass is 14.6. The highest BCUT2D eigenvalue weighted by Crippen LogP contribution is 2.21. The van der Waals surface area contributed by atoms with E-state index in [0.29, 0.717) is 17.3 Å². The second-order valence-electron chi connectivity index (χ2n) is 5.01. The first-order valence-corrected chi connectivity index (χ1v) is 6.15. The van der Waals surface area contributed by atoms with Crippen molar-refractivity contribution < 1.29 is 0 Å². The average Bonchev–Trinajstić information content (AvgIpc) is 2.24. The summed E-state index contributed by atoms with van der Waals surface area (Å²) in [7, 11) is 0. The SMILES string of the molecule is C=C/C(C)=C(N)\C(C(C)=N)=C(/C)CCC(C)C. The Morgan fingerprint density at radius 1 is 1.29 bits per heavy atom. The molecule has 0 aromatic carbocycles. The van der Waals surface area contributed by atoms with Gasteiger partial charge >= 0.3 is 0 Å². The first-order chi connectivity index (χ1) is 7.81. The number of nitrogens with two attached hydrogens (primary N) is 1. The molecule has 2 heteroatoms. The van der Waals surface area contributed by atoms with Gasteiger partial charge in [0.1, 0.15) is 0 Å². The molecule has 0 aromatic heterocycles. The fourth-order valence-corrected chi connectivity index (χ4v) is 1.69. The molecule has 2 nitrogen and oxygen atoms in total. The van der Waals surface area contributed by atoms with Crippen molar-refractivity contribution in [1.82, 2.24) is 0 Å². The number of nitrogens with one attached hydrogen (secondary N) is 1. The second kappa shape index (κ2) is 7.10. The topological polar surface area (TPSA) is 49.9 Å². The zero-order valence-electron chi connectivity index (χ0n) is 11.9. The minimum Gasteiger partial charge on any atom is -0.398 e. The highest BCUT2D eigenvalue weighted by molar-refractivity contribution is 6.00. The molecule has 96 valence electrons. The van der Waals surface area contributed by atoms with E-state index in [-0.39, 0.29) is 0 Å². The van der Waals surface area contributed by atoms with Gasteiger partial charge in [0.05, 0.1) is 0 Å². The molecule has 0 aliphatic carbocycles. The zero-order valence-corrected chi connectivity index (χ0v) is 11.9. The molecular formula is C15H26N2. The largest absolute Gasteiger partial charge is 0.398 e. The summed E-state index contributed by atoms with van der Waals surface area (Å²) in [5, 5.41) is 7.86. The van der Waals surface area contributed by atoms with Gasteiger partial charge in [-0.3, -0.25) is 0 Å². The van der Waals surface area contributed by atoms with Gasteiger partial charge in [-0.05, 0) is 45.1 Å². The van der Waals surface area contributed by atoms with Crippen LogP contribution in [0, 0.1) is 11.3 Å². The van der Waals surface area contributed by atoms with E-state index in [1.54, 1.807) is 13.0 Å². The molecule has 0 saturated heterocycles. The summed E-state index contributed by atoms with van der Waals surface area (Å²) in [6, 6.07) is 0. The van der Waals surface area contributed by atoms with Crippen molar-refractivity contribution in [2.75, 3.05) is 0 Å². The Balaban J connectivity index is 5.29. The highest BCUT2D eigenvalue weighted by Gasteiger charge is 2.10. The average molecular weight is 234 g/mol. The molecule has 0 amide bonds. The number of allylic oxidation sites excluding steroid dienone is 4. The van der Waals surface area contributed by atoms with Crippen LogP contribution in [-0.2, 0) is 0 Å². The molecule has 0 aromatic rings. The number of rotatable bonds is 6. The van der Waals surface area contributed by atoms with E-state index in [4.69, 9.17) is 11.1 Å². The summed E-state index contributed by atoms with van der Waals surface area (Å²) in [4.78, 5) is 0. The van der Waals surface area contributed by atoms with E-state index in [2.05, 4.69) is 27.4 Å². The fraction of sp³-hybridized carbons (Fsp3) is 0.533. The van der Waals surface area contributed by atoms with Crippen LogP contribution in [0.5, 0.6) is 0 Å². The smallest absolute Gasteiger partial charge is 0.0434 e. The van der Waals surface area contributed by atoms with E-state index in [9.17, 15) is 0 Å². The van der Waals surface area contributed by atoms with Gasteiger partial charge < -0.3 is 11.1 Å². The van der Waals surface area contributed by atoms with E-state index in [0.717, 1.165) is 24.0 Å². The van der Waals surface area contributed by atoms with Crippen LogP contribution < -0.4 is 5.73 Å². The van der Waals surface area contributed by atoms with E-state index < -0.39 is 0 Å². The van der Waals surface area contributed by atoms with E-state index >= 15 is 0 Å². The molecule has 0 aliphatic heterocycles. The van der Waals surface area contributed by atoms with Crippen molar-refractivity contribution in [1.29, 1.82) is 5.41 Å². The van der Waals surface area contributed by atoms with Crippen LogP contribution in [0.1, 0.15) is 47.5 Å². The number of hydrogen-bond acceptors (Lipinski definition) is 2. The Hall–Kier alpha value is -1.31. The third-order valence-electron chi connectivity index (χ3n) is 2.90. The molecule has 17 heavy (non-hydrogen) atoms. The Kier molecular flexibility index (Phi) is 6.55. The molecule has 0 saturated carbocycles. The Morgan fingerprint density at radius 3 is 2.18 bits per heavy atom. The van der Waals surface area contributed by atoms with Gasteiger partial charge in [-0.15, -0.1) is 0 Å². The lowest BCUT2D eigenvalue weighted by atomic mass is 9.94. The minimum absolute atomic E-state index is 0.532. The normalized spacial score (nSPS) is 14.2. The van der Waals surface area contributed by atoms with Crippen molar-refractivity contribution >= 4 is 5.71 Å². The van der Waals surface area contributed by atoms with Crippen LogP contribution in [-0.4, -0.2) is 5.71 Å². The zero-order chi connectivity index (χ0) is 13.6. The molecule has 0 radical (unpaired) electrons. The molecule has 0 unspecified atom stereocenters. The molecule has 3 N–H and O–H groups in total. The van der Waals surface area contributed by atoms with Crippen molar-refractivity contribution in [3.63, 3.8) is 0 Å². The summed E-state index contributed by atoms with van der Waals surface area (Å²) >= 11 is 0. The van der Waals surface area contributed by atoms with E-state index in [1.165, 1.54) is 5.57 Å². The summed E-state index contributed by atoms with van der Waals surface area (Å²) in [6.45, 7) is 13.9. The Bertz CT molecular complexity index is 357. The van der Waals surface area contributed by atoms with E-state index in [1.807, 2.05) is 6.92 Å². The van der Waals surface area contributed by atoms with Gasteiger partial charge in [-0.25, -0.2) is 0 Å². The molecule has 0 bridgehead atoms. The predicted octanol–water partition coefficient (Wildman–Crippen LogP) is 4.20. The minimum atomic E-state index is 0.532. The van der Waals surface area contributed by atoms with Crippen LogP contribution in [0.3, 0.4) is 0 Å². The fourth-order valence-electron chi connectivity index (χ4n) is 1.69. The maximum Gasteiger partial charge on any atom is 0.0434 e. The van der Waals surface area contributed by atoms with Gasteiger partial charge in [-0.1, -0.05) is 32.1 Å². The maximum absolute atomic E-state index is 7.86. The summed E-state index contributed by atoms with van der Waals surface area (Å²) in [5.74, 6) is 0.669. The molecule has 0 rings (SSSR count). The van der Waals surface area contributed by atoms with Crippen LogP contribution in [0.2, 0.25) is 0 Å². The molecule has 0 fully saturated rings. The summed E-state index contributed by atoms with van der Waals surface area (Å²) in [6.07, 6.45) is 3.87. The molecular weight excluding hydrogens is 208 g/mol. The van der Waals surface area contributed by atoms with Crippen molar-refractivity contribution in [2.45, 2.75) is 47.5 Å². The number of hydrogen-bond donors (Lipinski definition) is 2. The molecule has 0 spiro atoms. The predicted molar refractivity (Wildman–Crippen MR) is 77.3 cm³/mol. The third-order valence-corrected chi connectivity index (χ3v) is 2.90. The van der Waals surface area contributed by atoms with Crippen LogP contribution in [0.4, 0.5) is 0 Å². The van der Waals surface area contributed by atoms with Gasteiger partial charge in [0.15, 0.2) is 0 Å². The standard InChI is InChI=1S/C15H26N2/c1-7-11(4)15(17)14(13(6)16)12(5)9-8-10(2)3/h7,10,16H,1,8-9,17H2,2-6H3/b14-12+,15-11+,16-13?. The maximum atomic E-state index is 7.86. The van der Waals surface area contributed by atoms with Crippen LogP contribution in [0.25, 0.3) is 0 Å². The van der Waals surface area contributed by atoms with Gasteiger partial charge in [0.2, 0.25) is 0 Å². The second-order valence-corrected chi connectivity index (χ2v) is 5.01. The summed E-state index contributed by atoms with van der Waals surface area (Å²) < 4.78 is 0. The summed E-state index contributed by atoms with van der Waals surface area (Å²) in [5.41, 5.74) is 10.3. The van der Waals surface area contributed by atoms with Crippen molar-refractivity contribution in [3.05, 3.63) is 35.1 Å². The molecule has 0 heterocycles. The van der Waals surface area contributed by atoms with Crippen LogP contribution >= 0.6 is 0 Å². The monoisotopic (exact) mass is 234 g/mol. The Morgan fingerprint density at radius 2 is 1.82 bits per heavy atom. The lowest BCUT2D eigenvalue weighted by Crippen LogP contribution is -2.12. The third kappa shape index (κ3) is 5.03. The van der Waals surface area contributed by atoms with Gasteiger partial charge in [-0.2, -0.15) is 0 Å². The molecule has 0 aliphatic rings. The first-order valence-electron chi connectivity index (χ1n) is 6.15. The Labute approximate surface area is 106 Å². The quantitative estimate of drug-likeness (QED) is 0.525.